The van der Waals surface area contributed by atoms with Crippen LogP contribution in [0.4, 0.5) is 5.69 Å². The molecule has 5 heteroatoms. The molecular formula is C19H20N2O3. The van der Waals surface area contributed by atoms with Gasteiger partial charge in [0.05, 0.1) is 11.3 Å². The van der Waals surface area contributed by atoms with Crippen LogP contribution in [-0.2, 0) is 16.1 Å². The van der Waals surface area contributed by atoms with E-state index in [-0.39, 0.29) is 11.8 Å². The highest BCUT2D eigenvalue weighted by atomic mass is 16.5. The van der Waals surface area contributed by atoms with Crippen molar-refractivity contribution in [2.45, 2.75) is 25.5 Å². The third-order valence-corrected chi connectivity index (χ3v) is 3.95. The van der Waals surface area contributed by atoms with Crippen LogP contribution >= 0.6 is 0 Å². The lowest BCUT2D eigenvalue weighted by molar-refractivity contribution is -0.124. The van der Waals surface area contributed by atoms with E-state index in [4.69, 9.17) is 4.74 Å². The molecule has 1 aliphatic rings. The van der Waals surface area contributed by atoms with Crippen molar-refractivity contribution in [3.8, 4) is 0 Å². The predicted octanol–water partition coefficient (Wildman–Crippen LogP) is 2.73. The molecule has 0 saturated carbocycles. The Hall–Kier alpha value is -2.66. The van der Waals surface area contributed by atoms with E-state index in [9.17, 15) is 9.59 Å². The van der Waals surface area contributed by atoms with Crippen LogP contribution in [0.3, 0.4) is 0 Å². The molecule has 2 N–H and O–H groups in total. The number of amides is 2. The molecule has 0 unspecified atom stereocenters. The largest absolute Gasteiger partial charge is 0.368 e. The number of carbonyl (C=O) groups excluding carboxylic acids is 2. The van der Waals surface area contributed by atoms with Crippen LogP contribution in [0.5, 0.6) is 0 Å². The van der Waals surface area contributed by atoms with Crippen LogP contribution in [0.25, 0.3) is 0 Å². The molecule has 0 bridgehead atoms. The SMILES string of the molecule is O=C(NCc1ccccc1)c1ccccc1NC(=O)[C@H]1CCCO1. The van der Waals surface area contributed by atoms with Gasteiger partial charge in [0.15, 0.2) is 0 Å². The van der Waals surface area contributed by atoms with Crippen LogP contribution in [0.1, 0.15) is 28.8 Å². The highest BCUT2D eigenvalue weighted by molar-refractivity contribution is 6.04. The molecule has 24 heavy (non-hydrogen) atoms. The molecule has 3 rings (SSSR count). The van der Waals surface area contributed by atoms with Gasteiger partial charge in [-0.05, 0) is 30.5 Å². The van der Waals surface area contributed by atoms with Gasteiger partial charge in [-0.25, -0.2) is 0 Å². The van der Waals surface area contributed by atoms with Gasteiger partial charge in [0.2, 0.25) is 0 Å². The minimum atomic E-state index is -0.426. The fraction of sp³-hybridized carbons (Fsp3) is 0.263. The number of hydrogen-bond donors (Lipinski definition) is 2. The Bertz CT molecular complexity index is 710. The maximum Gasteiger partial charge on any atom is 0.253 e. The first-order valence-corrected chi connectivity index (χ1v) is 8.07. The summed E-state index contributed by atoms with van der Waals surface area (Å²) in [4.78, 5) is 24.6. The van der Waals surface area contributed by atoms with E-state index in [2.05, 4.69) is 10.6 Å². The second-order valence-electron chi connectivity index (χ2n) is 5.70. The lowest BCUT2D eigenvalue weighted by Crippen LogP contribution is -2.29. The van der Waals surface area contributed by atoms with Crippen LogP contribution in [0.2, 0.25) is 0 Å². The van der Waals surface area contributed by atoms with Gasteiger partial charge in [0, 0.05) is 13.2 Å². The van der Waals surface area contributed by atoms with E-state index in [1.54, 1.807) is 24.3 Å². The summed E-state index contributed by atoms with van der Waals surface area (Å²) in [5.41, 5.74) is 1.97. The van der Waals surface area contributed by atoms with Gasteiger partial charge in [-0.1, -0.05) is 42.5 Å². The zero-order valence-electron chi connectivity index (χ0n) is 13.3. The summed E-state index contributed by atoms with van der Waals surface area (Å²) < 4.78 is 5.38. The van der Waals surface area contributed by atoms with Crippen molar-refractivity contribution in [2.75, 3.05) is 11.9 Å². The summed E-state index contributed by atoms with van der Waals surface area (Å²) in [6.07, 6.45) is 1.18. The normalized spacial score (nSPS) is 16.6. The zero-order chi connectivity index (χ0) is 16.8. The molecule has 2 aromatic carbocycles. The highest BCUT2D eigenvalue weighted by Crippen LogP contribution is 2.18. The summed E-state index contributed by atoms with van der Waals surface area (Å²) in [6.45, 7) is 1.05. The molecule has 2 aromatic rings. The Morgan fingerprint density at radius 1 is 1.04 bits per heavy atom. The zero-order valence-corrected chi connectivity index (χ0v) is 13.3. The molecule has 1 heterocycles. The number of nitrogens with one attached hydrogen (secondary N) is 2. The van der Waals surface area contributed by atoms with Crippen molar-refractivity contribution in [2.24, 2.45) is 0 Å². The lowest BCUT2D eigenvalue weighted by atomic mass is 10.1. The molecule has 0 aromatic heterocycles. The van der Waals surface area contributed by atoms with Gasteiger partial charge in [-0.3, -0.25) is 9.59 Å². The quantitative estimate of drug-likeness (QED) is 0.888. The summed E-state index contributed by atoms with van der Waals surface area (Å²) in [7, 11) is 0. The average molecular weight is 324 g/mol. The Morgan fingerprint density at radius 3 is 2.54 bits per heavy atom. The fourth-order valence-electron chi connectivity index (χ4n) is 2.66. The Kier molecular flexibility index (Phi) is 5.23. The first-order valence-electron chi connectivity index (χ1n) is 8.07. The van der Waals surface area contributed by atoms with Crippen LogP contribution in [0.15, 0.2) is 54.6 Å². The monoisotopic (exact) mass is 324 g/mol. The fourth-order valence-corrected chi connectivity index (χ4v) is 2.66. The molecule has 1 fully saturated rings. The summed E-state index contributed by atoms with van der Waals surface area (Å²) in [6, 6.07) is 16.7. The van der Waals surface area contributed by atoms with Gasteiger partial charge in [-0.2, -0.15) is 0 Å². The standard InChI is InChI=1S/C19H20N2O3/c22-18(20-13-14-7-2-1-3-8-14)15-9-4-5-10-16(15)21-19(23)17-11-6-12-24-17/h1-5,7-10,17H,6,11-13H2,(H,20,22)(H,21,23)/t17-/m1/s1. The third kappa shape index (κ3) is 4.00. The van der Waals surface area contributed by atoms with Gasteiger partial charge in [0.1, 0.15) is 6.10 Å². The van der Waals surface area contributed by atoms with Crippen molar-refractivity contribution in [3.63, 3.8) is 0 Å². The summed E-state index contributed by atoms with van der Waals surface area (Å²) >= 11 is 0. The summed E-state index contributed by atoms with van der Waals surface area (Å²) in [5, 5.41) is 5.68. The number of anilines is 1. The maximum atomic E-state index is 12.4. The minimum Gasteiger partial charge on any atom is -0.368 e. The van der Waals surface area contributed by atoms with Crippen molar-refractivity contribution in [1.29, 1.82) is 0 Å². The van der Waals surface area contributed by atoms with Crippen LogP contribution in [0, 0.1) is 0 Å². The van der Waals surface area contributed by atoms with Gasteiger partial charge in [-0.15, -0.1) is 0 Å². The Morgan fingerprint density at radius 2 is 1.79 bits per heavy atom. The molecule has 1 atom stereocenters. The van der Waals surface area contributed by atoms with E-state index in [1.165, 1.54) is 0 Å². The van der Waals surface area contributed by atoms with Crippen molar-refractivity contribution in [3.05, 3.63) is 65.7 Å². The molecule has 2 amide bonds. The molecule has 0 radical (unpaired) electrons. The molecule has 1 aliphatic heterocycles. The number of ether oxygens (including phenoxy) is 1. The smallest absolute Gasteiger partial charge is 0.253 e. The van der Waals surface area contributed by atoms with E-state index in [0.717, 1.165) is 12.0 Å². The number of hydrogen-bond acceptors (Lipinski definition) is 3. The molecule has 5 nitrogen and oxygen atoms in total. The summed E-state index contributed by atoms with van der Waals surface area (Å²) in [5.74, 6) is -0.419. The Balaban J connectivity index is 1.66. The first-order chi connectivity index (χ1) is 11.7. The van der Waals surface area contributed by atoms with Gasteiger partial charge in [0.25, 0.3) is 11.8 Å². The average Bonchev–Trinajstić information content (AvgIpc) is 3.16. The molecule has 124 valence electrons. The van der Waals surface area contributed by atoms with Crippen molar-refractivity contribution < 1.29 is 14.3 Å². The van der Waals surface area contributed by atoms with Crippen LogP contribution < -0.4 is 10.6 Å². The third-order valence-electron chi connectivity index (χ3n) is 3.95. The number of carbonyl (C=O) groups is 2. The van der Waals surface area contributed by atoms with Gasteiger partial charge >= 0.3 is 0 Å². The number of para-hydroxylation sites is 1. The minimum absolute atomic E-state index is 0.198. The van der Waals surface area contributed by atoms with Crippen molar-refractivity contribution in [1.82, 2.24) is 5.32 Å². The second kappa shape index (κ2) is 7.75. The Labute approximate surface area is 141 Å². The lowest BCUT2D eigenvalue weighted by Gasteiger charge is -2.14. The number of benzene rings is 2. The highest BCUT2D eigenvalue weighted by Gasteiger charge is 2.24. The molecule has 0 aliphatic carbocycles. The second-order valence-corrected chi connectivity index (χ2v) is 5.70. The van der Waals surface area contributed by atoms with E-state index >= 15 is 0 Å². The topological polar surface area (TPSA) is 67.4 Å². The number of rotatable bonds is 5. The van der Waals surface area contributed by atoms with Crippen molar-refractivity contribution >= 4 is 17.5 Å². The van der Waals surface area contributed by atoms with E-state index in [1.807, 2.05) is 30.3 Å². The van der Waals surface area contributed by atoms with E-state index in [0.29, 0.717) is 30.8 Å². The van der Waals surface area contributed by atoms with E-state index < -0.39 is 6.10 Å². The molecular weight excluding hydrogens is 304 g/mol. The predicted molar refractivity (Wildman–Crippen MR) is 91.7 cm³/mol. The molecule has 0 spiro atoms. The van der Waals surface area contributed by atoms with Gasteiger partial charge < -0.3 is 15.4 Å². The maximum absolute atomic E-state index is 12.4. The first kappa shape index (κ1) is 16.2. The van der Waals surface area contributed by atoms with Crippen LogP contribution in [-0.4, -0.2) is 24.5 Å². The molecule has 1 saturated heterocycles.